The van der Waals surface area contributed by atoms with E-state index < -0.39 is 5.60 Å². The van der Waals surface area contributed by atoms with Crippen LogP contribution in [-0.4, -0.2) is 60.8 Å². The van der Waals surface area contributed by atoms with Gasteiger partial charge in [-0.05, 0) is 20.8 Å². The molecule has 0 aromatic carbocycles. The number of thiophene rings is 1. The summed E-state index contributed by atoms with van der Waals surface area (Å²) >= 11 is 1.41. The maximum Gasteiger partial charge on any atom is 0.410 e. The molecule has 3 heterocycles. The van der Waals surface area contributed by atoms with Crippen LogP contribution in [0.15, 0.2) is 11.4 Å². The van der Waals surface area contributed by atoms with Crippen LogP contribution in [0.2, 0.25) is 0 Å². The fraction of sp³-hybridized carbons (Fsp3) is 0.550. The number of ether oxygens (including phenoxy) is 3. The van der Waals surface area contributed by atoms with Crippen LogP contribution in [-0.2, 0) is 4.74 Å². The van der Waals surface area contributed by atoms with Crippen molar-refractivity contribution in [1.29, 1.82) is 0 Å². The molecule has 1 N–H and O–H groups in total. The van der Waals surface area contributed by atoms with E-state index in [0.717, 1.165) is 4.70 Å². The minimum Gasteiger partial charge on any atom is -0.495 e. The number of hydrogen-bond acceptors (Lipinski definition) is 7. The smallest absolute Gasteiger partial charge is 0.410 e. The van der Waals surface area contributed by atoms with Crippen LogP contribution in [0.25, 0.3) is 10.2 Å². The summed E-state index contributed by atoms with van der Waals surface area (Å²) in [6.45, 7) is 6.68. The summed E-state index contributed by atoms with van der Waals surface area (Å²) in [5, 5.41) is 4.39. The van der Waals surface area contributed by atoms with Crippen molar-refractivity contribution in [2.45, 2.75) is 45.3 Å². The van der Waals surface area contributed by atoms with Crippen molar-refractivity contribution in [2.75, 3.05) is 27.2 Å². The van der Waals surface area contributed by atoms with E-state index in [0.29, 0.717) is 48.6 Å². The van der Waals surface area contributed by atoms with Crippen LogP contribution < -0.4 is 14.8 Å². The van der Waals surface area contributed by atoms with Gasteiger partial charge in [-0.1, -0.05) is 0 Å². The molecule has 0 bridgehead atoms. The average molecular weight is 422 g/mol. The van der Waals surface area contributed by atoms with Gasteiger partial charge in [0.1, 0.15) is 23.0 Å². The number of nitrogens with one attached hydrogen (secondary N) is 1. The molecule has 158 valence electrons. The van der Waals surface area contributed by atoms with E-state index in [1.165, 1.54) is 11.3 Å². The number of piperidine rings is 1. The number of carbonyl (C=O) groups excluding carboxylic acids is 2. The van der Waals surface area contributed by atoms with Gasteiger partial charge in [0, 0.05) is 44.4 Å². The normalized spacial score (nSPS) is 15.3. The number of fused-ring (bicyclic) bond motifs is 1. The molecule has 29 heavy (non-hydrogen) atoms. The Morgan fingerprint density at radius 1 is 1.28 bits per heavy atom. The summed E-state index contributed by atoms with van der Waals surface area (Å²) in [6.07, 6.45) is 0.969. The van der Waals surface area contributed by atoms with Gasteiger partial charge in [0.25, 0.3) is 5.91 Å². The zero-order chi connectivity index (χ0) is 21.2. The Labute approximate surface area is 174 Å². The fourth-order valence-electron chi connectivity index (χ4n) is 3.12. The van der Waals surface area contributed by atoms with E-state index in [1.807, 2.05) is 20.8 Å². The van der Waals surface area contributed by atoms with Crippen LogP contribution in [0.4, 0.5) is 4.79 Å². The molecule has 1 saturated heterocycles. The summed E-state index contributed by atoms with van der Waals surface area (Å²) in [7, 11) is 3.17. The third kappa shape index (κ3) is 4.90. The maximum atomic E-state index is 12.2. The number of nitrogens with zero attached hydrogens (tertiary/aromatic N) is 2. The van der Waals surface area contributed by atoms with Crippen molar-refractivity contribution in [1.82, 2.24) is 15.2 Å². The standard InChI is InChI=1S/C20H27N3O5S/c1-20(2,3)28-19(25)23-8-6-12(7-9-23)27-15-10-14(26-5)17-16(22-15)13(11-29-17)18(24)21-4/h10-12H,6-9H2,1-5H3,(H,21,24). The summed E-state index contributed by atoms with van der Waals surface area (Å²) in [4.78, 5) is 30.6. The Hall–Kier alpha value is -2.55. The molecule has 0 radical (unpaired) electrons. The van der Waals surface area contributed by atoms with Gasteiger partial charge in [0.05, 0.1) is 17.4 Å². The molecule has 0 unspecified atom stereocenters. The molecule has 8 nitrogen and oxygen atoms in total. The van der Waals surface area contributed by atoms with Crippen LogP contribution in [0.5, 0.6) is 11.6 Å². The van der Waals surface area contributed by atoms with E-state index in [2.05, 4.69) is 10.3 Å². The molecule has 0 atom stereocenters. The van der Waals surface area contributed by atoms with Crippen LogP contribution in [0, 0.1) is 0 Å². The number of carbonyl (C=O) groups is 2. The van der Waals surface area contributed by atoms with Crippen molar-refractivity contribution in [3.8, 4) is 11.6 Å². The van der Waals surface area contributed by atoms with Gasteiger partial charge in [0.2, 0.25) is 5.88 Å². The first-order valence-electron chi connectivity index (χ1n) is 9.54. The molecule has 1 fully saturated rings. The molecule has 0 spiro atoms. The fourth-order valence-corrected chi connectivity index (χ4v) is 4.10. The lowest BCUT2D eigenvalue weighted by Gasteiger charge is -2.33. The monoisotopic (exact) mass is 421 g/mol. The molecule has 1 aliphatic rings. The summed E-state index contributed by atoms with van der Waals surface area (Å²) < 4.78 is 17.8. The Morgan fingerprint density at radius 2 is 1.97 bits per heavy atom. The first kappa shape index (κ1) is 21.2. The number of amides is 2. The van der Waals surface area contributed by atoms with Crippen LogP contribution >= 0.6 is 11.3 Å². The van der Waals surface area contributed by atoms with Gasteiger partial charge in [0.15, 0.2) is 0 Å². The van der Waals surface area contributed by atoms with Crippen LogP contribution in [0.3, 0.4) is 0 Å². The zero-order valence-corrected chi connectivity index (χ0v) is 18.2. The number of rotatable bonds is 4. The number of likely N-dealkylation sites (tertiary alicyclic amines) is 1. The van der Waals surface area contributed by atoms with E-state index in [9.17, 15) is 9.59 Å². The van der Waals surface area contributed by atoms with Crippen molar-refractivity contribution < 1.29 is 23.8 Å². The highest BCUT2D eigenvalue weighted by Gasteiger charge is 2.28. The van der Waals surface area contributed by atoms with Crippen molar-refractivity contribution in [3.63, 3.8) is 0 Å². The maximum absolute atomic E-state index is 12.2. The third-order valence-corrected chi connectivity index (χ3v) is 5.52. The van der Waals surface area contributed by atoms with Gasteiger partial charge in [-0.3, -0.25) is 4.79 Å². The lowest BCUT2D eigenvalue weighted by Crippen LogP contribution is -2.44. The first-order valence-corrected chi connectivity index (χ1v) is 10.4. The lowest BCUT2D eigenvalue weighted by atomic mass is 10.1. The Balaban J connectivity index is 1.71. The van der Waals surface area contributed by atoms with Crippen LogP contribution in [0.1, 0.15) is 44.0 Å². The Morgan fingerprint density at radius 3 is 2.55 bits per heavy atom. The zero-order valence-electron chi connectivity index (χ0n) is 17.4. The number of pyridine rings is 1. The van der Waals surface area contributed by atoms with E-state index >= 15 is 0 Å². The highest BCUT2D eigenvalue weighted by molar-refractivity contribution is 7.18. The minimum atomic E-state index is -0.511. The Bertz CT molecular complexity index is 897. The highest BCUT2D eigenvalue weighted by Crippen LogP contribution is 2.36. The van der Waals surface area contributed by atoms with Gasteiger partial charge in [-0.15, -0.1) is 11.3 Å². The SMILES string of the molecule is CNC(=O)c1csc2c(OC)cc(OC3CCN(C(=O)OC(C)(C)C)CC3)nc12. The van der Waals surface area contributed by atoms with Gasteiger partial charge in [-0.25, -0.2) is 9.78 Å². The number of aromatic nitrogens is 1. The lowest BCUT2D eigenvalue weighted by molar-refractivity contribution is 0.0123. The number of hydrogen-bond donors (Lipinski definition) is 1. The predicted octanol–water partition coefficient (Wildman–Crippen LogP) is 3.44. The van der Waals surface area contributed by atoms with Gasteiger partial charge in [-0.2, -0.15) is 0 Å². The predicted molar refractivity (Wildman–Crippen MR) is 111 cm³/mol. The molecule has 0 aliphatic carbocycles. The van der Waals surface area contributed by atoms with E-state index in [-0.39, 0.29) is 18.1 Å². The highest BCUT2D eigenvalue weighted by atomic mass is 32.1. The molecular weight excluding hydrogens is 394 g/mol. The number of methoxy groups -OCH3 is 1. The second-order valence-corrected chi connectivity index (χ2v) is 8.73. The molecule has 0 saturated carbocycles. The molecule has 2 aromatic rings. The minimum absolute atomic E-state index is 0.0783. The summed E-state index contributed by atoms with van der Waals surface area (Å²) in [5.41, 5.74) is 0.550. The summed E-state index contributed by atoms with van der Waals surface area (Å²) in [6, 6.07) is 1.74. The van der Waals surface area contributed by atoms with E-state index in [4.69, 9.17) is 14.2 Å². The van der Waals surface area contributed by atoms with E-state index in [1.54, 1.807) is 30.5 Å². The van der Waals surface area contributed by atoms with Gasteiger partial charge < -0.3 is 24.4 Å². The average Bonchev–Trinajstić information content (AvgIpc) is 3.10. The molecule has 3 rings (SSSR count). The molecule has 1 aliphatic heterocycles. The first-order chi connectivity index (χ1) is 13.7. The van der Waals surface area contributed by atoms with Crippen molar-refractivity contribution in [2.24, 2.45) is 0 Å². The van der Waals surface area contributed by atoms with Gasteiger partial charge >= 0.3 is 6.09 Å². The molecule has 9 heteroatoms. The second-order valence-electron chi connectivity index (χ2n) is 7.85. The quantitative estimate of drug-likeness (QED) is 0.813. The molecule has 2 amide bonds. The molecule has 2 aromatic heterocycles. The summed E-state index contributed by atoms with van der Waals surface area (Å²) in [5.74, 6) is 0.832. The van der Waals surface area contributed by atoms with Crippen molar-refractivity contribution >= 4 is 33.6 Å². The Kier molecular flexibility index (Phi) is 6.16. The molecular formula is C20H27N3O5S. The van der Waals surface area contributed by atoms with Crippen molar-refractivity contribution in [3.05, 3.63) is 17.0 Å². The third-order valence-electron chi connectivity index (χ3n) is 4.54. The second kappa shape index (κ2) is 8.44. The topological polar surface area (TPSA) is 90.0 Å². The largest absolute Gasteiger partial charge is 0.495 e.